The van der Waals surface area contributed by atoms with E-state index >= 15 is 0 Å². The molecule has 0 heterocycles. The second kappa shape index (κ2) is 4.23. The topological polar surface area (TPSA) is 37.3 Å². The third-order valence-corrected chi connectivity index (χ3v) is 2.90. The summed E-state index contributed by atoms with van der Waals surface area (Å²) in [5.74, 6) is -0.804. The van der Waals surface area contributed by atoms with E-state index in [2.05, 4.69) is 0 Å². The van der Waals surface area contributed by atoms with E-state index in [9.17, 15) is 4.79 Å². The molecule has 0 radical (unpaired) electrons. The Morgan fingerprint density at radius 2 is 2.07 bits per heavy atom. The van der Waals surface area contributed by atoms with Gasteiger partial charge >= 0.3 is 5.97 Å². The lowest BCUT2D eigenvalue weighted by Crippen LogP contribution is -2.26. The van der Waals surface area contributed by atoms with Gasteiger partial charge in [-0.15, -0.1) is 0 Å². The molecule has 0 saturated heterocycles. The van der Waals surface area contributed by atoms with Crippen molar-refractivity contribution in [2.24, 2.45) is 5.41 Å². The Hall–Kier alpha value is -1.02. The highest BCUT2D eigenvalue weighted by atomic mass is 35.5. The molecule has 0 amide bonds. The van der Waals surface area contributed by atoms with E-state index in [1.807, 2.05) is 19.1 Å². The number of aliphatic carboxylic acids is 1. The van der Waals surface area contributed by atoms with E-state index in [4.69, 9.17) is 16.7 Å². The fraction of sp³-hybridized carbons (Fsp3) is 0.417. The van der Waals surface area contributed by atoms with Crippen molar-refractivity contribution in [1.82, 2.24) is 0 Å². The molecule has 1 N–H and O–H groups in total. The lowest BCUT2D eigenvalue weighted by atomic mass is 9.84. The lowest BCUT2D eigenvalue weighted by molar-refractivity contribution is -0.146. The van der Waals surface area contributed by atoms with E-state index < -0.39 is 11.4 Å². The number of hydrogen-bond acceptors (Lipinski definition) is 1. The quantitative estimate of drug-likeness (QED) is 0.859. The van der Waals surface area contributed by atoms with Crippen LogP contribution in [-0.4, -0.2) is 11.1 Å². The van der Waals surface area contributed by atoms with Crippen LogP contribution in [0, 0.1) is 12.3 Å². The van der Waals surface area contributed by atoms with Crippen LogP contribution < -0.4 is 0 Å². The molecule has 0 saturated carbocycles. The highest BCUT2D eigenvalue weighted by Gasteiger charge is 2.28. The number of carboxylic acid groups (broad SMARTS) is 1. The number of carboxylic acids is 1. The summed E-state index contributed by atoms with van der Waals surface area (Å²) in [5.41, 5.74) is 1.18. The minimum atomic E-state index is -0.804. The molecule has 0 aliphatic rings. The Morgan fingerprint density at radius 1 is 1.47 bits per heavy atom. The van der Waals surface area contributed by atoms with E-state index in [0.29, 0.717) is 11.4 Å². The molecule has 0 aromatic heterocycles. The average Bonchev–Trinajstić information content (AvgIpc) is 2.11. The molecule has 1 aromatic carbocycles. The molecule has 3 heteroatoms. The molecule has 0 aliphatic heterocycles. The van der Waals surface area contributed by atoms with Gasteiger partial charge in [0.2, 0.25) is 0 Å². The van der Waals surface area contributed by atoms with Gasteiger partial charge in [0.1, 0.15) is 0 Å². The van der Waals surface area contributed by atoms with Gasteiger partial charge < -0.3 is 5.11 Å². The molecule has 82 valence electrons. The molecular formula is C12H15ClO2. The zero-order chi connectivity index (χ0) is 11.6. The van der Waals surface area contributed by atoms with Gasteiger partial charge in [-0.05, 0) is 44.4 Å². The maximum absolute atomic E-state index is 11.0. The standard InChI is InChI=1S/C12H15ClO2/c1-8-5-4-6-10(13)9(8)7-12(2,3)11(14)15/h4-6H,7H2,1-3H3,(H,14,15). The molecule has 0 aliphatic carbocycles. The van der Waals surface area contributed by atoms with Crippen LogP contribution in [0.4, 0.5) is 0 Å². The van der Waals surface area contributed by atoms with E-state index in [1.165, 1.54) is 0 Å². The highest BCUT2D eigenvalue weighted by Crippen LogP contribution is 2.28. The Labute approximate surface area is 94.9 Å². The van der Waals surface area contributed by atoms with Crippen LogP contribution in [0.3, 0.4) is 0 Å². The number of aryl methyl sites for hydroxylation is 1. The van der Waals surface area contributed by atoms with Gasteiger partial charge in [-0.3, -0.25) is 4.79 Å². The Bertz CT molecular complexity index is 363. The molecular weight excluding hydrogens is 212 g/mol. The second-order valence-corrected chi connectivity index (χ2v) is 4.81. The highest BCUT2D eigenvalue weighted by molar-refractivity contribution is 6.31. The third kappa shape index (κ3) is 2.72. The number of halogens is 1. The molecule has 0 atom stereocenters. The second-order valence-electron chi connectivity index (χ2n) is 4.40. The van der Waals surface area contributed by atoms with Gasteiger partial charge in [0.25, 0.3) is 0 Å². The number of hydrogen-bond donors (Lipinski definition) is 1. The van der Waals surface area contributed by atoms with E-state index in [-0.39, 0.29) is 0 Å². The Balaban J connectivity index is 3.04. The van der Waals surface area contributed by atoms with Gasteiger partial charge in [0.15, 0.2) is 0 Å². The van der Waals surface area contributed by atoms with Gasteiger partial charge in [-0.2, -0.15) is 0 Å². The van der Waals surface area contributed by atoms with Gasteiger partial charge in [0.05, 0.1) is 5.41 Å². The van der Waals surface area contributed by atoms with Crippen LogP contribution in [0.25, 0.3) is 0 Å². The molecule has 1 rings (SSSR count). The minimum absolute atomic E-state index is 0.452. The first-order chi connectivity index (χ1) is 6.84. The summed E-state index contributed by atoms with van der Waals surface area (Å²) in [6, 6.07) is 5.61. The molecule has 2 nitrogen and oxygen atoms in total. The molecule has 0 spiro atoms. The summed E-state index contributed by atoms with van der Waals surface area (Å²) >= 11 is 6.05. The predicted octanol–water partition coefficient (Wildman–Crippen LogP) is 3.30. The van der Waals surface area contributed by atoms with Crippen LogP contribution in [0.15, 0.2) is 18.2 Å². The first-order valence-electron chi connectivity index (χ1n) is 4.82. The van der Waals surface area contributed by atoms with Crippen LogP contribution in [-0.2, 0) is 11.2 Å². The van der Waals surface area contributed by atoms with Crippen molar-refractivity contribution in [3.05, 3.63) is 34.3 Å². The van der Waals surface area contributed by atoms with Crippen molar-refractivity contribution in [3.8, 4) is 0 Å². The number of carbonyl (C=O) groups is 1. The summed E-state index contributed by atoms with van der Waals surface area (Å²) < 4.78 is 0. The Morgan fingerprint density at radius 3 is 2.53 bits per heavy atom. The van der Waals surface area contributed by atoms with Crippen molar-refractivity contribution in [3.63, 3.8) is 0 Å². The number of benzene rings is 1. The van der Waals surface area contributed by atoms with Gasteiger partial charge in [-0.1, -0.05) is 23.7 Å². The summed E-state index contributed by atoms with van der Waals surface area (Å²) in [6.45, 7) is 5.36. The maximum Gasteiger partial charge on any atom is 0.309 e. The van der Waals surface area contributed by atoms with Crippen molar-refractivity contribution in [2.45, 2.75) is 27.2 Å². The average molecular weight is 227 g/mol. The van der Waals surface area contributed by atoms with Gasteiger partial charge in [-0.25, -0.2) is 0 Å². The monoisotopic (exact) mass is 226 g/mol. The zero-order valence-electron chi connectivity index (χ0n) is 9.17. The fourth-order valence-electron chi connectivity index (χ4n) is 1.41. The van der Waals surface area contributed by atoms with Crippen LogP contribution in [0.2, 0.25) is 5.02 Å². The number of rotatable bonds is 3. The van der Waals surface area contributed by atoms with Crippen LogP contribution in [0.5, 0.6) is 0 Å². The molecule has 15 heavy (non-hydrogen) atoms. The maximum atomic E-state index is 11.0. The summed E-state index contributed by atoms with van der Waals surface area (Å²) in [5, 5.41) is 9.68. The zero-order valence-corrected chi connectivity index (χ0v) is 9.93. The summed E-state index contributed by atoms with van der Waals surface area (Å²) in [4.78, 5) is 11.0. The SMILES string of the molecule is Cc1cccc(Cl)c1CC(C)(C)C(=O)O. The van der Waals surface area contributed by atoms with Crippen molar-refractivity contribution in [2.75, 3.05) is 0 Å². The fourth-order valence-corrected chi connectivity index (χ4v) is 1.70. The Kier molecular flexibility index (Phi) is 3.40. The van der Waals surface area contributed by atoms with E-state index in [1.54, 1.807) is 19.9 Å². The van der Waals surface area contributed by atoms with Crippen molar-refractivity contribution >= 4 is 17.6 Å². The van der Waals surface area contributed by atoms with Crippen molar-refractivity contribution < 1.29 is 9.90 Å². The lowest BCUT2D eigenvalue weighted by Gasteiger charge is -2.21. The molecule has 0 fully saturated rings. The largest absolute Gasteiger partial charge is 0.481 e. The van der Waals surface area contributed by atoms with Gasteiger partial charge in [0, 0.05) is 5.02 Å². The van der Waals surface area contributed by atoms with E-state index in [0.717, 1.165) is 11.1 Å². The van der Waals surface area contributed by atoms with Crippen molar-refractivity contribution in [1.29, 1.82) is 0 Å². The van der Waals surface area contributed by atoms with Crippen LogP contribution in [0.1, 0.15) is 25.0 Å². The molecule has 1 aromatic rings. The normalized spacial score (nSPS) is 11.5. The first kappa shape index (κ1) is 12.1. The minimum Gasteiger partial charge on any atom is -0.481 e. The summed E-state index contributed by atoms with van der Waals surface area (Å²) in [7, 11) is 0. The smallest absolute Gasteiger partial charge is 0.309 e. The molecule has 0 bridgehead atoms. The first-order valence-corrected chi connectivity index (χ1v) is 5.20. The predicted molar refractivity (Wildman–Crippen MR) is 61.3 cm³/mol. The van der Waals surface area contributed by atoms with Crippen LogP contribution >= 0.6 is 11.6 Å². The molecule has 0 unspecified atom stereocenters. The summed E-state index contributed by atoms with van der Waals surface area (Å²) in [6.07, 6.45) is 0.452. The third-order valence-electron chi connectivity index (χ3n) is 2.55.